The summed E-state index contributed by atoms with van der Waals surface area (Å²) in [5.41, 5.74) is 0.730. The van der Waals surface area contributed by atoms with Gasteiger partial charge in [0.15, 0.2) is 0 Å². The third kappa shape index (κ3) is 3.01. The maximum Gasteiger partial charge on any atom is 0.238 e. The first-order chi connectivity index (χ1) is 9.93. The highest BCUT2D eigenvalue weighted by Gasteiger charge is 2.39. The summed E-state index contributed by atoms with van der Waals surface area (Å²) in [4.78, 5) is 12.3. The second-order valence-electron chi connectivity index (χ2n) is 5.80. The zero-order chi connectivity index (χ0) is 15.0. The molecule has 0 aliphatic heterocycles. The van der Waals surface area contributed by atoms with E-state index in [-0.39, 0.29) is 16.7 Å². The van der Waals surface area contributed by atoms with Crippen molar-refractivity contribution in [1.29, 1.82) is 0 Å². The topological polar surface area (TPSA) is 89.3 Å². The molecule has 3 atom stereocenters. The number of benzene rings is 1. The zero-order valence-electron chi connectivity index (χ0n) is 11.5. The molecule has 0 radical (unpaired) electrons. The molecular formula is C15H18N2O3S. The lowest BCUT2D eigenvalue weighted by atomic mass is 9.93. The van der Waals surface area contributed by atoms with Crippen molar-refractivity contribution >= 4 is 15.9 Å². The van der Waals surface area contributed by atoms with Crippen LogP contribution in [0.3, 0.4) is 0 Å². The van der Waals surface area contributed by atoms with E-state index in [9.17, 15) is 13.2 Å². The van der Waals surface area contributed by atoms with Crippen molar-refractivity contribution < 1.29 is 13.2 Å². The number of allylic oxidation sites excluding steroid dienone is 2. The molecule has 1 amide bonds. The van der Waals surface area contributed by atoms with Crippen LogP contribution in [0.25, 0.3) is 0 Å². The van der Waals surface area contributed by atoms with E-state index in [2.05, 4.69) is 17.5 Å². The summed E-state index contributed by atoms with van der Waals surface area (Å²) in [7, 11) is -3.71. The standard InChI is InChI=1S/C15H18N2O3S/c16-21(19,20)13-3-1-2-11(7-13)9-17-15(18)14-8-10-4-5-12(14)6-10/h1-5,7,10,12,14H,6,8-9H2,(H,17,18)(H2,16,19,20). The van der Waals surface area contributed by atoms with Crippen LogP contribution < -0.4 is 10.5 Å². The Balaban J connectivity index is 1.63. The Morgan fingerprint density at radius 3 is 2.71 bits per heavy atom. The molecule has 2 aliphatic carbocycles. The van der Waals surface area contributed by atoms with Gasteiger partial charge in [-0.25, -0.2) is 13.6 Å². The first-order valence-electron chi connectivity index (χ1n) is 7.01. The predicted molar refractivity (Wildman–Crippen MR) is 78.5 cm³/mol. The second-order valence-corrected chi connectivity index (χ2v) is 7.36. The van der Waals surface area contributed by atoms with Crippen LogP contribution in [0, 0.1) is 17.8 Å². The molecule has 3 N–H and O–H groups in total. The molecule has 5 nitrogen and oxygen atoms in total. The number of primary sulfonamides is 1. The summed E-state index contributed by atoms with van der Waals surface area (Å²) in [5.74, 6) is 1.02. The summed E-state index contributed by atoms with van der Waals surface area (Å²) >= 11 is 0. The van der Waals surface area contributed by atoms with Gasteiger partial charge in [-0.05, 0) is 42.4 Å². The molecule has 0 heterocycles. The van der Waals surface area contributed by atoms with Gasteiger partial charge >= 0.3 is 0 Å². The van der Waals surface area contributed by atoms with Crippen LogP contribution in [0.15, 0.2) is 41.3 Å². The quantitative estimate of drug-likeness (QED) is 0.818. The van der Waals surface area contributed by atoms with Crippen LogP contribution in [0.2, 0.25) is 0 Å². The number of carbonyl (C=O) groups is 1. The molecule has 1 fully saturated rings. The van der Waals surface area contributed by atoms with E-state index < -0.39 is 10.0 Å². The fraction of sp³-hybridized carbons (Fsp3) is 0.400. The number of rotatable bonds is 4. The zero-order valence-corrected chi connectivity index (χ0v) is 12.3. The van der Waals surface area contributed by atoms with Crippen LogP contribution in [0.1, 0.15) is 18.4 Å². The fourth-order valence-corrected chi connectivity index (χ4v) is 3.82. The number of fused-ring (bicyclic) bond motifs is 2. The highest BCUT2D eigenvalue weighted by Crippen LogP contribution is 2.43. The lowest BCUT2D eigenvalue weighted by Crippen LogP contribution is -2.32. The lowest BCUT2D eigenvalue weighted by molar-refractivity contribution is -0.125. The first-order valence-corrected chi connectivity index (χ1v) is 8.56. The van der Waals surface area contributed by atoms with Gasteiger partial charge in [0.05, 0.1) is 4.90 Å². The number of carbonyl (C=O) groups excluding carboxylic acids is 1. The highest BCUT2D eigenvalue weighted by atomic mass is 32.2. The summed E-state index contributed by atoms with van der Waals surface area (Å²) in [6, 6.07) is 6.34. The maximum atomic E-state index is 12.2. The minimum absolute atomic E-state index is 0.0489. The molecule has 2 bridgehead atoms. The van der Waals surface area contributed by atoms with Gasteiger partial charge in [0.2, 0.25) is 15.9 Å². The number of sulfonamides is 1. The number of hydrogen-bond acceptors (Lipinski definition) is 3. The van der Waals surface area contributed by atoms with Crippen molar-refractivity contribution in [3.05, 3.63) is 42.0 Å². The Morgan fingerprint density at radius 1 is 1.29 bits per heavy atom. The van der Waals surface area contributed by atoms with E-state index in [1.807, 2.05) is 0 Å². The number of amides is 1. The van der Waals surface area contributed by atoms with Gasteiger partial charge in [-0.2, -0.15) is 0 Å². The average Bonchev–Trinajstić information content (AvgIpc) is 3.07. The summed E-state index contributed by atoms with van der Waals surface area (Å²) < 4.78 is 22.6. The van der Waals surface area contributed by atoms with Crippen molar-refractivity contribution in [2.24, 2.45) is 22.9 Å². The molecule has 0 spiro atoms. The normalized spacial score (nSPS) is 27.0. The molecule has 3 unspecified atom stereocenters. The van der Waals surface area contributed by atoms with E-state index in [0.717, 1.165) is 18.4 Å². The Morgan fingerprint density at radius 2 is 2.10 bits per heavy atom. The molecular weight excluding hydrogens is 288 g/mol. The molecule has 1 aromatic rings. The van der Waals surface area contributed by atoms with Crippen LogP contribution in [0.4, 0.5) is 0 Å². The van der Waals surface area contributed by atoms with Crippen LogP contribution in [-0.2, 0) is 21.4 Å². The fourth-order valence-electron chi connectivity index (χ4n) is 3.23. The molecule has 112 valence electrons. The highest BCUT2D eigenvalue weighted by molar-refractivity contribution is 7.89. The third-order valence-electron chi connectivity index (χ3n) is 4.31. The monoisotopic (exact) mass is 306 g/mol. The third-order valence-corrected chi connectivity index (χ3v) is 5.22. The predicted octanol–water partition coefficient (Wildman–Crippen LogP) is 1.16. The number of nitrogens with one attached hydrogen (secondary N) is 1. The van der Waals surface area contributed by atoms with Crippen LogP contribution >= 0.6 is 0 Å². The Hall–Kier alpha value is -1.66. The summed E-state index contributed by atoms with van der Waals surface area (Å²) in [5, 5.41) is 8.00. The molecule has 3 rings (SSSR count). The van der Waals surface area contributed by atoms with Gasteiger partial charge in [0.25, 0.3) is 0 Å². The molecule has 2 aliphatic rings. The van der Waals surface area contributed by atoms with E-state index in [4.69, 9.17) is 5.14 Å². The summed E-state index contributed by atoms with van der Waals surface area (Å²) in [6.45, 7) is 0.319. The van der Waals surface area contributed by atoms with E-state index in [1.165, 1.54) is 12.1 Å². The minimum Gasteiger partial charge on any atom is -0.352 e. The van der Waals surface area contributed by atoms with Crippen molar-refractivity contribution in [2.45, 2.75) is 24.3 Å². The largest absolute Gasteiger partial charge is 0.352 e. The van der Waals surface area contributed by atoms with E-state index in [1.54, 1.807) is 12.1 Å². The SMILES string of the molecule is NS(=O)(=O)c1cccc(CNC(=O)C2CC3C=CC2C3)c1. The average molecular weight is 306 g/mol. The lowest BCUT2D eigenvalue weighted by Gasteiger charge is -2.17. The molecule has 0 saturated heterocycles. The van der Waals surface area contributed by atoms with Crippen molar-refractivity contribution in [3.8, 4) is 0 Å². The van der Waals surface area contributed by atoms with Crippen molar-refractivity contribution in [2.75, 3.05) is 0 Å². The molecule has 0 aromatic heterocycles. The number of nitrogens with two attached hydrogens (primary N) is 1. The molecule has 21 heavy (non-hydrogen) atoms. The van der Waals surface area contributed by atoms with Gasteiger partial charge < -0.3 is 5.32 Å². The van der Waals surface area contributed by atoms with Crippen molar-refractivity contribution in [1.82, 2.24) is 5.32 Å². The van der Waals surface area contributed by atoms with E-state index in [0.29, 0.717) is 18.4 Å². The number of hydrogen-bond donors (Lipinski definition) is 2. The molecule has 1 aromatic carbocycles. The molecule has 6 heteroatoms. The van der Waals surface area contributed by atoms with Crippen LogP contribution in [-0.4, -0.2) is 14.3 Å². The molecule has 1 saturated carbocycles. The van der Waals surface area contributed by atoms with Gasteiger partial charge in [0, 0.05) is 12.5 Å². The van der Waals surface area contributed by atoms with Crippen molar-refractivity contribution in [3.63, 3.8) is 0 Å². The second kappa shape index (κ2) is 5.27. The van der Waals surface area contributed by atoms with Crippen LogP contribution in [0.5, 0.6) is 0 Å². The Labute approximate surface area is 124 Å². The van der Waals surface area contributed by atoms with Gasteiger partial charge in [-0.15, -0.1) is 0 Å². The van der Waals surface area contributed by atoms with E-state index >= 15 is 0 Å². The smallest absolute Gasteiger partial charge is 0.238 e. The Kier molecular flexibility index (Phi) is 3.59. The van der Waals surface area contributed by atoms with Gasteiger partial charge in [0.1, 0.15) is 0 Å². The van der Waals surface area contributed by atoms with Gasteiger partial charge in [-0.3, -0.25) is 4.79 Å². The minimum atomic E-state index is -3.71. The summed E-state index contributed by atoms with van der Waals surface area (Å²) in [6.07, 6.45) is 6.34. The maximum absolute atomic E-state index is 12.2. The van der Waals surface area contributed by atoms with Gasteiger partial charge in [-0.1, -0.05) is 24.3 Å². The first kappa shape index (κ1) is 14.3. The Bertz CT molecular complexity index is 697.